The fraction of sp³-hybridized carbons (Fsp3) is 0.0625. The Balaban J connectivity index is 2.28. The number of nitrogens with one attached hydrogen (secondary N) is 1. The number of nitrogens with zero attached hydrogens (tertiary/aromatic N) is 1. The van der Waals surface area contributed by atoms with Gasteiger partial charge in [-0.3, -0.25) is 0 Å². The Morgan fingerprint density at radius 1 is 1.06 bits per heavy atom. The van der Waals surface area contributed by atoms with E-state index >= 15 is 0 Å². The molecule has 0 spiro atoms. The van der Waals surface area contributed by atoms with E-state index in [0.717, 1.165) is 17.0 Å². The molecule has 0 saturated carbocycles. The van der Waals surface area contributed by atoms with Gasteiger partial charge in [-0.25, -0.2) is 0 Å². The summed E-state index contributed by atoms with van der Waals surface area (Å²) < 4.78 is 0. The van der Waals surface area contributed by atoms with E-state index in [0.29, 0.717) is 5.56 Å². The lowest BCUT2D eigenvalue weighted by Crippen LogP contribution is -1.81. The highest BCUT2D eigenvalue weighted by Crippen LogP contribution is 2.28. The Hall–Kier alpha value is -2.53. The number of aromatic nitrogens is 1. The van der Waals surface area contributed by atoms with Crippen molar-refractivity contribution in [1.82, 2.24) is 4.98 Å². The van der Waals surface area contributed by atoms with Crippen molar-refractivity contribution in [3.8, 4) is 17.3 Å². The van der Waals surface area contributed by atoms with E-state index in [1.807, 2.05) is 31.2 Å². The van der Waals surface area contributed by atoms with Crippen molar-refractivity contribution >= 4 is 10.8 Å². The molecule has 0 bridgehead atoms. The van der Waals surface area contributed by atoms with Crippen molar-refractivity contribution in [1.29, 1.82) is 5.26 Å². The summed E-state index contributed by atoms with van der Waals surface area (Å²) in [6, 6.07) is 18.6. The Morgan fingerprint density at radius 3 is 2.61 bits per heavy atom. The highest BCUT2D eigenvalue weighted by molar-refractivity contribution is 5.96. The Kier molecular flexibility index (Phi) is 2.39. The molecule has 2 aromatic carbocycles. The summed E-state index contributed by atoms with van der Waals surface area (Å²) in [5, 5.41) is 11.4. The van der Waals surface area contributed by atoms with Gasteiger partial charge < -0.3 is 4.98 Å². The number of hydrogen-bond acceptors (Lipinski definition) is 1. The summed E-state index contributed by atoms with van der Waals surface area (Å²) in [5.41, 5.74) is 3.76. The van der Waals surface area contributed by atoms with Crippen LogP contribution in [0.25, 0.3) is 22.0 Å². The van der Waals surface area contributed by atoms with Crippen LogP contribution in [0.2, 0.25) is 0 Å². The summed E-state index contributed by atoms with van der Waals surface area (Å²) in [7, 11) is 0. The lowest BCUT2D eigenvalue weighted by Gasteiger charge is -2.04. The van der Waals surface area contributed by atoms with Gasteiger partial charge in [-0.15, -0.1) is 0 Å². The average molecular weight is 232 g/mol. The molecule has 86 valence electrons. The molecule has 2 nitrogen and oxygen atoms in total. The number of nitriles is 1. The van der Waals surface area contributed by atoms with Crippen LogP contribution in [0.5, 0.6) is 0 Å². The van der Waals surface area contributed by atoms with Crippen LogP contribution in [0.15, 0.2) is 48.5 Å². The summed E-state index contributed by atoms with van der Waals surface area (Å²) in [6.45, 7) is 1.92. The van der Waals surface area contributed by atoms with Crippen molar-refractivity contribution in [3.63, 3.8) is 0 Å². The van der Waals surface area contributed by atoms with Crippen LogP contribution >= 0.6 is 0 Å². The SMILES string of the molecule is Cc1[nH]c(-c2cccc3ccccc23)cc1C#N. The van der Waals surface area contributed by atoms with Gasteiger partial charge in [0.1, 0.15) is 6.07 Å². The quantitative estimate of drug-likeness (QED) is 0.676. The number of hydrogen-bond donors (Lipinski definition) is 1. The summed E-state index contributed by atoms with van der Waals surface area (Å²) in [4.78, 5) is 3.28. The van der Waals surface area contributed by atoms with Crippen LogP contribution < -0.4 is 0 Å². The third-order valence-electron chi connectivity index (χ3n) is 3.22. The van der Waals surface area contributed by atoms with Gasteiger partial charge in [-0.05, 0) is 23.8 Å². The minimum Gasteiger partial charge on any atom is -0.358 e. The molecule has 1 heterocycles. The second-order valence-corrected chi connectivity index (χ2v) is 4.36. The van der Waals surface area contributed by atoms with Gasteiger partial charge >= 0.3 is 0 Å². The van der Waals surface area contributed by atoms with Gasteiger partial charge in [-0.2, -0.15) is 5.26 Å². The lowest BCUT2D eigenvalue weighted by molar-refractivity contribution is 1.25. The second-order valence-electron chi connectivity index (χ2n) is 4.36. The maximum atomic E-state index is 9.02. The highest BCUT2D eigenvalue weighted by Gasteiger charge is 2.08. The molecule has 0 aliphatic heterocycles. The average Bonchev–Trinajstić information content (AvgIpc) is 2.79. The topological polar surface area (TPSA) is 39.6 Å². The number of benzene rings is 2. The van der Waals surface area contributed by atoms with Crippen molar-refractivity contribution in [2.75, 3.05) is 0 Å². The van der Waals surface area contributed by atoms with Crippen molar-refractivity contribution in [2.45, 2.75) is 6.92 Å². The normalized spacial score (nSPS) is 10.4. The zero-order valence-corrected chi connectivity index (χ0v) is 10.1. The van der Waals surface area contributed by atoms with Gasteiger partial charge in [0, 0.05) is 17.0 Å². The molecule has 0 aliphatic carbocycles. The molecular formula is C16H12N2. The Bertz CT molecular complexity index is 755. The van der Waals surface area contributed by atoms with Crippen LogP contribution in [0.1, 0.15) is 11.3 Å². The third kappa shape index (κ3) is 1.57. The van der Waals surface area contributed by atoms with Gasteiger partial charge in [-0.1, -0.05) is 42.5 Å². The highest BCUT2D eigenvalue weighted by atomic mass is 14.7. The first-order valence-electron chi connectivity index (χ1n) is 5.87. The van der Waals surface area contributed by atoms with Crippen LogP contribution in [-0.4, -0.2) is 4.98 Å². The maximum Gasteiger partial charge on any atom is 0.101 e. The molecule has 1 aromatic heterocycles. The molecular weight excluding hydrogens is 220 g/mol. The molecule has 0 amide bonds. The van der Waals surface area contributed by atoms with Gasteiger partial charge in [0.2, 0.25) is 0 Å². The molecule has 0 atom stereocenters. The molecule has 18 heavy (non-hydrogen) atoms. The summed E-state index contributed by atoms with van der Waals surface area (Å²) >= 11 is 0. The fourth-order valence-electron chi connectivity index (χ4n) is 2.28. The van der Waals surface area contributed by atoms with Crippen LogP contribution in [0.3, 0.4) is 0 Å². The molecule has 3 aromatic rings. The zero-order chi connectivity index (χ0) is 12.5. The number of rotatable bonds is 1. The molecule has 3 rings (SSSR count). The van der Waals surface area contributed by atoms with E-state index < -0.39 is 0 Å². The first-order valence-corrected chi connectivity index (χ1v) is 5.87. The lowest BCUT2D eigenvalue weighted by atomic mass is 10.0. The molecule has 0 unspecified atom stereocenters. The van der Waals surface area contributed by atoms with E-state index in [1.165, 1.54) is 10.8 Å². The van der Waals surface area contributed by atoms with Crippen LogP contribution in [-0.2, 0) is 0 Å². The molecule has 0 saturated heterocycles. The largest absolute Gasteiger partial charge is 0.358 e. The molecule has 0 radical (unpaired) electrons. The van der Waals surface area contributed by atoms with Gasteiger partial charge in [0.15, 0.2) is 0 Å². The smallest absolute Gasteiger partial charge is 0.101 e. The van der Waals surface area contributed by atoms with Crippen molar-refractivity contribution < 1.29 is 0 Å². The van der Waals surface area contributed by atoms with E-state index in [1.54, 1.807) is 0 Å². The van der Waals surface area contributed by atoms with Crippen molar-refractivity contribution in [2.24, 2.45) is 0 Å². The first-order chi connectivity index (χ1) is 8.79. The van der Waals surface area contributed by atoms with Crippen LogP contribution in [0.4, 0.5) is 0 Å². The van der Waals surface area contributed by atoms with E-state index in [-0.39, 0.29) is 0 Å². The Labute approximate surface area is 106 Å². The standard InChI is InChI=1S/C16H12N2/c1-11-13(10-17)9-16(18-11)15-8-4-6-12-5-2-3-7-14(12)15/h2-9,18H,1H3. The number of fused-ring (bicyclic) bond motifs is 1. The Morgan fingerprint density at radius 2 is 1.83 bits per heavy atom. The van der Waals surface area contributed by atoms with Gasteiger partial charge in [0.05, 0.1) is 5.56 Å². The number of aromatic amines is 1. The van der Waals surface area contributed by atoms with E-state index in [2.05, 4.69) is 35.3 Å². The van der Waals surface area contributed by atoms with Crippen LogP contribution in [0, 0.1) is 18.3 Å². The summed E-state index contributed by atoms with van der Waals surface area (Å²) in [6.07, 6.45) is 0. The number of aryl methyl sites for hydroxylation is 1. The maximum absolute atomic E-state index is 9.02. The molecule has 1 N–H and O–H groups in total. The second kappa shape index (κ2) is 4.05. The van der Waals surface area contributed by atoms with Crippen molar-refractivity contribution in [3.05, 3.63) is 59.8 Å². The predicted molar refractivity (Wildman–Crippen MR) is 73.2 cm³/mol. The third-order valence-corrected chi connectivity index (χ3v) is 3.22. The minimum absolute atomic E-state index is 0.706. The van der Waals surface area contributed by atoms with E-state index in [9.17, 15) is 0 Å². The molecule has 2 heteroatoms. The number of H-pyrrole nitrogens is 1. The minimum atomic E-state index is 0.706. The first kappa shape index (κ1) is 10.6. The molecule has 0 fully saturated rings. The summed E-state index contributed by atoms with van der Waals surface area (Å²) in [5.74, 6) is 0. The van der Waals surface area contributed by atoms with Gasteiger partial charge in [0.25, 0.3) is 0 Å². The predicted octanol–water partition coefficient (Wildman–Crippen LogP) is 4.02. The zero-order valence-electron chi connectivity index (χ0n) is 10.1. The fourth-order valence-corrected chi connectivity index (χ4v) is 2.28. The monoisotopic (exact) mass is 232 g/mol. The van der Waals surface area contributed by atoms with E-state index in [4.69, 9.17) is 5.26 Å². The molecule has 0 aliphatic rings.